The SMILES string of the molecule is O=C(O)[C@H]1COc2cc(F)ccc2N1. The van der Waals surface area contributed by atoms with Gasteiger partial charge < -0.3 is 15.2 Å². The highest BCUT2D eigenvalue weighted by molar-refractivity contribution is 5.79. The van der Waals surface area contributed by atoms with Crippen LogP contribution in [0.5, 0.6) is 5.75 Å². The van der Waals surface area contributed by atoms with E-state index in [2.05, 4.69) is 5.32 Å². The number of fused-ring (bicyclic) bond motifs is 1. The molecule has 0 saturated carbocycles. The number of anilines is 1. The van der Waals surface area contributed by atoms with Crippen LogP contribution in [-0.4, -0.2) is 23.7 Å². The molecule has 0 amide bonds. The van der Waals surface area contributed by atoms with Gasteiger partial charge in [-0.05, 0) is 12.1 Å². The molecule has 5 heteroatoms. The average Bonchev–Trinajstić information content (AvgIpc) is 2.16. The van der Waals surface area contributed by atoms with E-state index in [1.165, 1.54) is 18.2 Å². The predicted molar refractivity (Wildman–Crippen MR) is 46.9 cm³/mol. The summed E-state index contributed by atoms with van der Waals surface area (Å²) >= 11 is 0. The van der Waals surface area contributed by atoms with E-state index in [-0.39, 0.29) is 6.61 Å². The quantitative estimate of drug-likeness (QED) is 0.707. The van der Waals surface area contributed by atoms with Gasteiger partial charge in [0, 0.05) is 6.07 Å². The van der Waals surface area contributed by atoms with E-state index in [1.807, 2.05) is 0 Å². The smallest absolute Gasteiger partial charge is 0.329 e. The maximum absolute atomic E-state index is 12.7. The highest BCUT2D eigenvalue weighted by atomic mass is 19.1. The van der Waals surface area contributed by atoms with Crippen molar-refractivity contribution in [3.8, 4) is 5.75 Å². The van der Waals surface area contributed by atoms with Gasteiger partial charge >= 0.3 is 5.97 Å². The van der Waals surface area contributed by atoms with E-state index in [0.29, 0.717) is 11.4 Å². The molecule has 0 aliphatic carbocycles. The first-order valence-corrected chi connectivity index (χ1v) is 4.08. The molecule has 1 aromatic carbocycles. The van der Waals surface area contributed by atoms with Crippen molar-refractivity contribution in [3.63, 3.8) is 0 Å². The van der Waals surface area contributed by atoms with Gasteiger partial charge in [-0.3, -0.25) is 0 Å². The van der Waals surface area contributed by atoms with Gasteiger partial charge in [0.2, 0.25) is 0 Å². The molecule has 1 aromatic rings. The van der Waals surface area contributed by atoms with Gasteiger partial charge in [0.15, 0.2) is 6.04 Å². The zero-order chi connectivity index (χ0) is 10.1. The number of carboxylic acid groups (broad SMARTS) is 1. The summed E-state index contributed by atoms with van der Waals surface area (Å²) in [5.41, 5.74) is 0.505. The Labute approximate surface area is 79.3 Å². The van der Waals surface area contributed by atoms with Gasteiger partial charge in [-0.15, -0.1) is 0 Å². The number of nitrogens with one attached hydrogen (secondary N) is 1. The highest BCUT2D eigenvalue weighted by Crippen LogP contribution is 2.29. The summed E-state index contributed by atoms with van der Waals surface area (Å²) < 4.78 is 17.8. The van der Waals surface area contributed by atoms with Crippen LogP contribution in [0.1, 0.15) is 0 Å². The maximum atomic E-state index is 12.7. The van der Waals surface area contributed by atoms with Crippen molar-refractivity contribution in [1.29, 1.82) is 0 Å². The molecule has 4 nitrogen and oxygen atoms in total. The summed E-state index contributed by atoms with van der Waals surface area (Å²) in [6.07, 6.45) is 0. The zero-order valence-corrected chi connectivity index (χ0v) is 7.16. The molecule has 0 radical (unpaired) electrons. The van der Waals surface area contributed by atoms with Crippen LogP contribution >= 0.6 is 0 Å². The van der Waals surface area contributed by atoms with Crippen molar-refractivity contribution >= 4 is 11.7 Å². The second-order valence-electron chi connectivity index (χ2n) is 2.99. The van der Waals surface area contributed by atoms with E-state index in [9.17, 15) is 9.18 Å². The molecule has 0 aromatic heterocycles. The number of carbonyl (C=O) groups is 1. The summed E-state index contributed by atoms with van der Waals surface area (Å²) in [6, 6.07) is 3.16. The lowest BCUT2D eigenvalue weighted by Crippen LogP contribution is -2.38. The minimum atomic E-state index is -0.986. The summed E-state index contributed by atoms with van der Waals surface area (Å²) in [5, 5.41) is 11.4. The Morgan fingerprint density at radius 3 is 3.14 bits per heavy atom. The first-order valence-electron chi connectivity index (χ1n) is 4.08. The predicted octanol–water partition coefficient (Wildman–Crippen LogP) is 1.08. The molecular formula is C9H8FNO3. The third-order valence-corrected chi connectivity index (χ3v) is 1.98. The van der Waals surface area contributed by atoms with E-state index in [0.717, 1.165) is 0 Å². The van der Waals surface area contributed by atoms with E-state index < -0.39 is 17.8 Å². The van der Waals surface area contributed by atoms with Crippen LogP contribution in [0.2, 0.25) is 0 Å². The van der Waals surface area contributed by atoms with Crippen molar-refractivity contribution in [3.05, 3.63) is 24.0 Å². The Bertz CT molecular complexity index is 380. The van der Waals surface area contributed by atoms with Gasteiger partial charge in [-0.25, -0.2) is 9.18 Å². The lowest BCUT2D eigenvalue weighted by Gasteiger charge is -2.24. The van der Waals surface area contributed by atoms with E-state index in [1.54, 1.807) is 0 Å². The normalized spacial score (nSPS) is 19.1. The Morgan fingerprint density at radius 2 is 2.43 bits per heavy atom. The minimum absolute atomic E-state index is 0.00574. The second kappa shape index (κ2) is 3.17. The molecule has 74 valence electrons. The highest BCUT2D eigenvalue weighted by Gasteiger charge is 2.24. The van der Waals surface area contributed by atoms with Crippen LogP contribution in [0.4, 0.5) is 10.1 Å². The van der Waals surface area contributed by atoms with E-state index >= 15 is 0 Å². The summed E-state index contributed by atoms with van der Waals surface area (Å²) in [6.45, 7) is 0.00574. The van der Waals surface area contributed by atoms with Crippen molar-refractivity contribution in [1.82, 2.24) is 0 Å². The van der Waals surface area contributed by atoms with Crippen LogP contribution < -0.4 is 10.1 Å². The van der Waals surface area contributed by atoms with Crippen LogP contribution in [0.15, 0.2) is 18.2 Å². The van der Waals surface area contributed by atoms with Gasteiger partial charge in [0.1, 0.15) is 18.2 Å². The van der Waals surface area contributed by atoms with Crippen molar-refractivity contribution in [2.75, 3.05) is 11.9 Å². The monoisotopic (exact) mass is 197 g/mol. The molecule has 1 heterocycles. The first kappa shape index (κ1) is 8.80. The third kappa shape index (κ3) is 1.48. The van der Waals surface area contributed by atoms with Crippen LogP contribution in [0.3, 0.4) is 0 Å². The molecule has 0 fully saturated rings. The molecule has 0 bridgehead atoms. The number of hydrogen-bond acceptors (Lipinski definition) is 3. The molecule has 1 atom stereocenters. The second-order valence-corrected chi connectivity index (χ2v) is 2.99. The molecule has 0 saturated heterocycles. The molecule has 2 N–H and O–H groups in total. The van der Waals surface area contributed by atoms with Crippen LogP contribution in [0, 0.1) is 5.82 Å². The Kier molecular flexibility index (Phi) is 1.99. The molecule has 1 aliphatic rings. The molecule has 14 heavy (non-hydrogen) atoms. The molecular weight excluding hydrogens is 189 g/mol. The number of rotatable bonds is 1. The lowest BCUT2D eigenvalue weighted by atomic mass is 10.2. The third-order valence-electron chi connectivity index (χ3n) is 1.98. The lowest BCUT2D eigenvalue weighted by molar-refractivity contribution is -0.138. The topological polar surface area (TPSA) is 58.6 Å². The number of ether oxygens (including phenoxy) is 1. The van der Waals surface area contributed by atoms with Gasteiger partial charge in [-0.1, -0.05) is 0 Å². The number of aliphatic carboxylic acids is 1. The minimum Gasteiger partial charge on any atom is -0.489 e. The summed E-state index contributed by atoms with van der Waals surface area (Å²) in [5.74, 6) is -1.04. The fourth-order valence-corrected chi connectivity index (χ4v) is 1.27. The van der Waals surface area contributed by atoms with E-state index in [4.69, 9.17) is 9.84 Å². The Hall–Kier alpha value is -1.78. The van der Waals surface area contributed by atoms with Crippen LogP contribution in [-0.2, 0) is 4.79 Å². The van der Waals surface area contributed by atoms with Gasteiger partial charge in [0.25, 0.3) is 0 Å². The number of hydrogen-bond donors (Lipinski definition) is 2. The van der Waals surface area contributed by atoms with Crippen molar-refractivity contribution in [2.24, 2.45) is 0 Å². The summed E-state index contributed by atoms with van der Waals surface area (Å²) in [7, 11) is 0. The maximum Gasteiger partial charge on any atom is 0.329 e. The van der Waals surface area contributed by atoms with Crippen molar-refractivity contribution in [2.45, 2.75) is 6.04 Å². The molecule has 0 spiro atoms. The number of carboxylic acids is 1. The largest absolute Gasteiger partial charge is 0.489 e. The van der Waals surface area contributed by atoms with Crippen molar-refractivity contribution < 1.29 is 19.0 Å². The molecule has 0 unspecified atom stereocenters. The van der Waals surface area contributed by atoms with Crippen LogP contribution in [0.25, 0.3) is 0 Å². The standard InChI is InChI=1S/C9H8FNO3/c10-5-1-2-6-8(3-5)14-4-7(11-6)9(12)13/h1-3,7,11H,4H2,(H,12,13)/t7-/m1/s1. The van der Waals surface area contributed by atoms with Gasteiger partial charge in [0.05, 0.1) is 5.69 Å². The fourth-order valence-electron chi connectivity index (χ4n) is 1.27. The molecule has 1 aliphatic heterocycles. The fraction of sp³-hybridized carbons (Fsp3) is 0.222. The van der Waals surface area contributed by atoms with Gasteiger partial charge in [-0.2, -0.15) is 0 Å². The Balaban J connectivity index is 2.27. The summed E-state index contributed by atoms with van der Waals surface area (Å²) in [4.78, 5) is 10.6. The number of halogens is 1. The zero-order valence-electron chi connectivity index (χ0n) is 7.16. The number of benzene rings is 1. The first-order chi connectivity index (χ1) is 6.66. The Morgan fingerprint density at radius 1 is 1.64 bits per heavy atom. The average molecular weight is 197 g/mol. The molecule has 2 rings (SSSR count).